The highest BCUT2D eigenvalue weighted by molar-refractivity contribution is 5.87. The lowest BCUT2D eigenvalue weighted by Gasteiger charge is -2.46. The number of hydrogen-bond acceptors (Lipinski definition) is 5. The fourth-order valence-electron chi connectivity index (χ4n) is 3.04. The number of esters is 1. The monoisotopic (exact) mass is 338 g/mol. The number of aromatic nitrogens is 2. The summed E-state index contributed by atoms with van der Waals surface area (Å²) < 4.78 is 6.37. The van der Waals surface area contributed by atoms with E-state index >= 15 is 0 Å². The third kappa shape index (κ3) is 4.05. The Morgan fingerprint density at radius 2 is 2.04 bits per heavy atom. The highest BCUT2D eigenvalue weighted by Crippen LogP contribution is 2.27. The highest BCUT2D eigenvalue weighted by atomic mass is 16.5. The van der Waals surface area contributed by atoms with Gasteiger partial charge >= 0.3 is 12.1 Å². The second kappa shape index (κ2) is 7.21. The molecule has 134 valence electrons. The van der Waals surface area contributed by atoms with E-state index in [-0.39, 0.29) is 11.5 Å². The number of amides is 1. The van der Waals surface area contributed by atoms with Crippen molar-refractivity contribution in [2.45, 2.75) is 33.4 Å². The lowest BCUT2D eigenvalue weighted by molar-refractivity contribution is 0.0202. The van der Waals surface area contributed by atoms with E-state index < -0.39 is 12.1 Å². The van der Waals surface area contributed by atoms with E-state index in [1.807, 2.05) is 0 Å². The van der Waals surface area contributed by atoms with Crippen LogP contribution in [0.4, 0.5) is 4.79 Å². The van der Waals surface area contributed by atoms with Crippen LogP contribution in [-0.2, 0) is 11.3 Å². The Labute approximate surface area is 142 Å². The van der Waals surface area contributed by atoms with E-state index in [0.717, 1.165) is 0 Å². The summed E-state index contributed by atoms with van der Waals surface area (Å²) in [5, 5.41) is 13.6. The van der Waals surface area contributed by atoms with Gasteiger partial charge in [-0.15, -0.1) is 0 Å². The normalized spacial score (nSPS) is 19.3. The van der Waals surface area contributed by atoms with Crippen molar-refractivity contribution in [3.05, 3.63) is 18.0 Å². The Hall–Kier alpha value is -2.09. The number of hydrogen-bond donors (Lipinski definition) is 1. The van der Waals surface area contributed by atoms with Crippen LogP contribution in [0.1, 0.15) is 31.3 Å². The Kier molecular flexibility index (Phi) is 5.48. The van der Waals surface area contributed by atoms with Crippen molar-refractivity contribution in [2.24, 2.45) is 5.41 Å². The fourth-order valence-corrected chi connectivity index (χ4v) is 3.04. The van der Waals surface area contributed by atoms with Gasteiger partial charge in [0.05, 0.1) is 19.7 Å². The molecule has 1 fully saturated rings. The van der Waals surface area contributed by atoms with Crippen LogP contribution in [0.2, 0.25) is 0 Å². The number of methoxy groups -OCH3 is 1. The molecular weight excluding hydrogens is 312 g/mol. The molecule has 2 heterocycles. The summed E-state index contributed by atoms with van der Waals surface area (Å²) in [5.74, 6) is -0.407. The molecule has 0 spiro atoms. The summed E-state index contributed by atoms with van der Waals surface area (Å²) in [4.78, 5) is 26.9. The van der Waals surface area contributed by atoms with E-state index in [4.69, 9.17) is 4.74 Å². The van der Waals surface area contributed by atoms with Crippen LogP contribution < -0.4 is 0 Å². The molecule has 1 aliphatic heterocycles. The van der Waals surface area contributed by atoms with Gasteiger partial charge in [-0.3, -0.25) is 9.58 Å². The quantitative estimate of drug-likeness (QED) is 0.835. The molecule has 1 aromatic heterocycles. The summed E-state index contributed by atoms with van der Waals surface area (Å²) in [5.41, 5.74) is 0.286. The Bertz CT molecular complexity index is 593. The molecule has 1 amide bonds. The minimum absolute atomic E-state index is 0.0681. The molecule has 24 heavy (non-hydrogen) atoms. The number of rotatable bonds is 4. The van der Waals surface area contributed by atoms with Crippen LogP contribution in [0.15, 0.2) is 12.3 Å². The average Bonchev–Trinajstić information content (AvgIpc) is 2.99. The third-order valence-corrected chi connectivity index (χ3v) is 4.45. The zero-order valence-electron chi connectivity index (χ0n) is 14.7. The number of carbonyl (C=O) groups is 2. The first-order valence-corrected chi connectivity index (χ1v) is 8.06. The van der Waals surface area contributed by atoms with Crippen molar-refractivity contribution in [3.8, 4) is 0 Å². The molecule has 0 bridgehead atoms. The summed E-state index contributed by atoms with van der Waals surface area (Å²) in [6, 6.07) is 1.56. The lowest BCUT2D eigenvalue weighted by atomic mass is 9.84. The standard InChI is InChI=1S/C16H26N4O4/c1-16(2,3)13-11-18(7-9-19(13)15(22)23)8-10-20-12(5-6-17-20)14(21)24-4/h5-6,13H,7-11H2,1-4H3,(H,22,23). The molecule has 0 radical (unpaired) electrons. The van der Waals surface area contributed by atoms with E-state index in [1.54, 1.807) is 16.9 Å². The maximum absolute atomic E-state index is 11.7. The molecule has 1 saturated heterocycles. The van der Waals surface area contributed by atoms with Crippen LogP contribution >= 0.6 is 0 Å². The number of carboxylic acid groups (broad SMARTS) is 1. The van der Waals surface area contributed by atoms with Crippen LogP contribution in [0, 0.1) is 5.41 Å². The van der Waals surface area contributed by atoms with Crippen molar-refractivity contribution >= 4 is 12.1 Å². The topological polar surface area (TPSA) is 87.9 Å². The molecule has 0 aromatic carbocycles. The van der Waals surface area contributed by atoms with Crippen molar-refractivity contribution < 1.29 is 19.4 Å². The van der Waals surface area contributed by atoms with Gasteiger partial charge in [0.15, 0.2) is 0 Å². The molecule has 0 aliphatic carbocycles. The maximum atomic E-state index is 11.7. The van der Waals surface area contributed by atoms with Gasteiger partial charge in [0.2, 0.25) is 0 Å². The van der Waals surface area contributed by atoms with Crippen molar-refractivity contribution in [2.75, 3.05) is 33.3 Å². The predicted octanol–water partition coefficient (Wildman–Crippen LogP) is 1.38. The van der Waals surface area contributed by atoms with Crippen LogP contribution in [-0.4, -0.2) is 76.1 Å². The zero-order valence-corrected chi connectivity index (χ0v) is 14.7. The lowest BCUT2D eigenvalue weighted by Crippen LogP contribution is -2.59. The van der Waals surface area contributed by atoms with E-state index in [0.29, 0.717) is 38.4 Å². The summed E-state index contributed by atoms with van der Waals surface area (Å²) in [6.45, 7) is 9.26. The van der Waals surface area contributed by atoms with Gasteiger partial charge < -0.3 is 14.7 Å². The van der Waals surface area contributed by atoms with Gasteiger partial charge in [-0.25, -0.2) is 9.59 Å². The number of piperazine rings is 1. The Morgan fingerprint density at radius 1 is 1.33 bits per heavy atom. The third-order valence-electron chi connectivity index (χ3n) is 4.45. The molecule has 1 atom stereocenters. The minimum atomic E-state index is -0.866. The summed E-state index contributed by atoms with van der Waals surface area (Å²) in [7, 11) is 1.35. The molecule has 1 aliphatic rings. The average molecular weight is 338 g/mol. The number of carbonyl (C=O) groups excluding carboxylic acids is 1. The maximum Gasteiger partial charge on any atom is 0.407 e. The largest absolute Gasteiger partial charge is 0.465 e. The van der Waals surface area contributed by atoms with Crippen molar-refractivity contribution in [1.29, 1.82) is 0 Å². The van der Waals surface area contributed by atoms with Crippen LogP contribution in [0.3, 0.4) is 0 Å². The van der Waals surface area contributed by atoms with Crippen LogP contribution in [0.5, 0.6) is 0 Å². The van der Waals surface area contributed by atoms with E-state index in [1.165, 1.54) is 12.0 Å². The van der Waals surface area contributed by atoms with Crippen molar-refractivity contribution in [1.82, 2.24) is 19.6 Å². The molecule has 0 saturated carbocycles. The first-order chi connectivity index (χ1) is 11.2. The Morgan fingerprint density at radius 3 is 2.62 bits per heavy atom. The van der Waals surface area contributed by atoms with Gasteiger partial charge in [0.25, 0.3) is 0 Å². The summed E-state index contributed by atoms with van der Waals surface area (Å²) >= 11 is 0. The van der Waals surface area contributed by atoms with Crippen molar-refractivity contribution in [3.63, 3.8) is 0 Å². The second-order valence-electron chi connectivity index (χ2n) is 7.09. The fraction of sp³-hybridized carbons (Fsp3) is 0.688. The SMILES string of the molecule is COC(=O)c1ccnn1CCN1CCN(C(=O)O)C(C(C)(C)C)C1. The first-order valence-electron chi connectivity index (χ1n) is 8.06. The van der Waals surface area contributed by atoms with Gasteiger partial charge in [0.1, 0.15) is 5.69 Å². The van der Waals surface area contributed by atoms with Crippen LogP contribution in [0.25, 0.3) is 0 Å². The second-order valence-corrected chi connectivity index (χ2v) is 7.09. The predicted molar refractivity (Wildman–Crippen MR) is 88.0 cm³/mol. The van der Waals surface area contributed by atoms with Gasteiger partial charge in [-0.1, -0.05) is 20.8 Å². The molecule has 1 aromatic rings. The summed E-state index contributed by atoms with van der Waals surface area (Å²) in [6.07, 6.45) is 0.710. The first kappa shape index (κ1) is 18.3. The number of ether oxygens (including phenoxy) is 1. The smallest absolute Gasteiger partial charge is 0.407 e. The molecule has 8 nitrogen and oxygen atoms in total. The minimum Gasteiger partial charge on any atom is -0.465 e. The van der Waals surface area contributed by atoms with Gasteiger partial charge in [0, 0.05) is 32.4 Å². The number of nitrogens with zero attached hydrogens (tertiary/aromatic N) is 4. The molecule has 1 unspecified atom stereocenters. The molecular formula is C16H26N4O4. The molecule has 8 heteroatoms. The zero-order chi connectivity index (χ0) is 17.9. The van der Waals surface area contributed by atoms with Gasteiger partial charge in [-0.05, 0) is 11.5 Å². The highest BCUT2D eigenvalue weighted by Gasteiger charge is 2.37. The van der Waals surface area contributed by atoms with Gasteiger partial charge in [-0.2, -0.15) is 5.10 Å². The molecule has 1 N–H and O–H groups in total. The van der Waals surface area contributed by atoms with E-state index in [9.17, 15) is 14.7 Å². The molecule has 2 rings (SSSR count). The Balaban J connectivity index is 2.01. The van der Waals surface area contributed by atoms with E-state index in [2.05, 4.69) is 30.8 Å².